The molecule has 5 rings (SSSR count). The highest BCUT2D eigenvalue weighted by Gasteiger charge is 2.33. The molecule has 1 unspecified atom stereocenters. The molecule has 1 aliphatic heterocycles. The monoisotopic (exact) mass is 502 g/mol. The summed E-state index contributed by atoms with van der Waals surface area (Å²) in [6.45, 7) is 0.247. The molecule has 1 atom stereocenters. The minimum absolute atomic E-state index is 0.0496. The van der Waals surface area contributed by atoms with Crippen LogP contribution in [0.2, 0.25) is 0 Å². The third-order valence-electron chi connectivity index (χ3n) is 5.55. The van der Waals surface area contributed by atoms with Crippen molar-refractivity contribution >= 4 is 15.8 Å². The first-order valence-electron chi connectivity index (χ1n) is 10.4. The highest BCUT2D eigenvalue weighted by Crippen LogP contribution is 2.42. The number of alkyl halides is 3. The molecule has 0 radical (unpaired) electrons. The number of aromatic nitrogens is 5. The molecule has 0 fully saturated rings. The second-order valence-electron chi connectivity index (χ2n) is 7.72. The molecular weight excluding hydrogens is 485 g/mol. The molecule has 0 bridgehead atoms. The van der Waals surface area contributed by atoms with Crippen LogP contribution in [-0.2, 0) is 16.2 Å². The lowest BCUT2D eigenvalue weighted by Crippen LogP contribution is -2.19. The van der Waals surface area contributed by atoms with Crippen LogP contribution in [0.1, 0.15) is 29.0 Å². The molecule has 2 aromatic carbocycles. The van der Waals surface area contributed by atoms with Crippen LogP contribution in [-0.4, -0.2) is 40.2 Å². The molecule has 9 nitrogen and oxygen atoms in total. The molecule has 2 aromatic heterocycles. The van der Waals surface area contributed by atoms with E-state index in [1.54, 1.807) is 12.1 Å². The predicted octanol–water partition coefficient (Wildman–Crippen LogP) is 3.79. The molecule has 0 saturated heterocycles. The molecule has 0 saturated carbocycles. The fourth-order valence-corrected chi connectivity index (χ4v) is 4.97. The summed E-state index contributed by atoms with van der Waals surface area (Å²) in [4.78, 5) is -0.0496. The molecule has 0 aliphatic carbocycles. The lowest BCUT2D eigenvalue weighted by molar-refractivity contribution is -0.137. The van der Waals surface area contributed by atoms with E-state index in [1.807, 2.05) is 0 Å². The van der Waals surface area contributed by atoms with E-state index in [4.69, 9.17) is 4.74 Å². The van der Waals surface area contributed by atoms with Gasteiger partial charge in [0.05, 0.1) is 35.1 Å². The van der Waals surface area contributed by atoms with Gasteiger partial charge in [0, 0.05) is 23.7 Å². The normalized spacial score (nSPS) is 15.8. The molecule has 1 aliphatic rings. The topological polar surface area (TPSA) is 112 Å². The van der Waals surface area contributed by atoms with E-state index < -0.39 is 21.8 Å². The van der Waals surface area contributed by atoms with E-state index in [0.717, 1.165) is 12.1 Å². The lowest BCUT2D eigenvalue weighted by Gasteiger charge is -2.28. The van der Waals surface area contributed by atoms with Gasteiger partial charge < -0.3 is 4.74 Å². The Morgan fingerprint density at radius 1 is 1.03 bits per heavy atom. The van der Waals surface area contributed by atoms with Crippen LogP contribution in [0.25, 0.3) is 5.69 Å². The van der Waals surface area contributed by atoms with Gasteiger partial charge in [0.2, 0.25) is 0 Å². The first-order valence-corrected chi connectivity index (χ1v) is 11.9. The first-order chi connectivity index (χ1) is 16.7. The summed E-state index contributed by atoms with van der Waals surface area (Å²) < 4.78 is 75.2. The summed E-state index contributed by atoms with van der Waals surface area (Å²) >= 11 is 0. The van der Waals surface area contributed by atoms with Crippen molar-refractivity contribution in [1.29, 1.82) is 0 Å². The molecule has 35 heavy (non-hydrogen) atoms. The zero-order valence-electron chi connectivity index (χ0n) is 17.8. The molecule has 13 heteroatoms. The molecule has 3 heterocycles. The Labute approximate surface area is 197 Å². The largest absolute Gasteiger partial charge is 0.493 e. The van der Waals surface area contributed by atoms with Crippen LogP contribution in [0.3, 0.4) is 0 Å². The molecule has 0 spiro atoms. The van der Waals surface area contributed by atoms with E-state index in [0.29, 0.717) is 23.3 Å². The standard InChI is InChI=1S/C22H17F3N6O3S/c23-22(24,25)14-3-5-17(19(12-14)31-10-9-27-30-31)16-7-11-34-20-13-15(4-6-18(16)20)35(32,33)29-21-2-1-8-26-28-21/h1-6,8-10,12-13,16H,7,11H2,(H,28,29). The molecule has 180 valence electrons. The number of hydrogen-bond acceptors (Lipinski definition) is 7. The summed E-state index contributed by atoms with van der Waals surface area (Å²) in [5.41, 5.74) is 0.656. The van der Waals surface area contributed by atoms with Crippen molar-refractivity contribution in [2.24, 2.45) is 0 Å². The van der Waals surface area contributed by atoms with Crippen LogP contribution >= 0.6 is 0 Å². The number of sulfonamides is 1. The average Bonchev–Trinajstić information content (AvgIpc) is 3.38. The summed E-state index contributed by atoms with van der Waals surface area (Å²) in [5.74, 6) is 0.0314. The van der Waals surface area contributed by atoms with Crippen molar-refractivity contribution in [2.45, 2.75) is 23.4 Å². The number of nitrogens with zero attached hydrogens (tertiary/aromatic N) is 5. The van der Waals surface area contributed by atoms with Crippen LogP contribution in [0.15, 0.2) is 72.0 Å². The van der Waals surface area contributed by atoms with Gasteiger partial charge in [-0.15, -0.1) is 10.2 Å². The summed E-state index contributed by atoms with van der Waals surface area (Å²) in [6.07, 6.45) is 0.209. The number of halogens is 3. The molecular formula is C22H17F3N6O3S. The number of hydrogen-bond donors (Lipinski definition) is 1. The van der Waals surface area contributed by atoms with E-state index >= 15 is 0 Å². The van der Waals surface area contributed by atoms with Gasteiger partial charge in [-0.3, -0.25) is 4.72 Å². The Hall–Kier alpha value is -4.00. The SMILES string of the molecule is O=S(=O)(Nc1cccnn1)c1ccc2c(c1)OCCC2c1ccc(C(F)(F)F)cc1-n1ccnn1. The fraction of sp³-hybridized carbons (Fsp3) is 0.182. The quantitative estimate of drug-likeness (QED) is 0.442. The maximum absolute atomic E-state index is 13.4. The van der Waals surface area contributed by atoms with Crippen LogP contribution in [0.5, 0.6) is 5.75 Å². The maximum Gasteiger partial charge on any atom is 0.416 e. The second-order valence-corrected chi connectivity index (χ2v) is 9.41. The Morgan fingerprint density at radius 3 is 2.57 bits per heavy atom. The Kier molecular flexibility index (Phi) is 5.63. The third-order valence-corrected chi connectivity index (χ3v) is 6.90. The van der Waals surface area contributed by atoms with Crippen LogP contribution in [0.4, 0.5) is 19.0 Å². The van der Waals surface area contributed by atoms with E-state index in [1.165, 1.54) is 47.5 Å². The van der Waals surface area contributed by atoms with Crippen molar-refractivity contribution in [2.75, 3.05) is 11.3 Å². The van der Waals surface area contributed by atoms with Gasteiger partial charge >= 0.3 is 6.18 Å². The fourth-order valence-electron chi connectivity index (χ4n) is 3.96. The highest BCUT2D eigenvalue weighted by atomic mass is 32.2. The van der Waals surface area contributed by atoms with Crippen molar-refractivity contribution in [3.63, 3.8) is 0 Å². The smallest absolute Gasteiger partial charge is 0.416 e. The summed E-state index contributed by atoms with van der Waals surface area (Å²) in [7, 11) is -3.97. The maximum atomic E-state index is 13.4. The molecule has 0 amide bonds. The minimum atomic E-state index is -4.53. The molecule has 4 aromatic rings. The third kappa shape index (κ3) is 4.54. The number of nitrogens with one attached hydrogen (secondary N) is 1. The van der Waals surface area contributed by atoms with Gasteiger partial charge in [-0.2, -0.15) is 18.3 Å². The number of benzene rings is 2. The van der Waals surface area contributed by atoms with Gasteiger partial charge in [-0.1, -0.05) is 17.3 Å². The van der Waals surface area contributed by atoms with E-state index in [-0.39, 0.29) is 28.9 Å². The van der Waals surface area contributed by atoms with Crippen molar-refractivity contribution in [1.82, 2.24) is 25.2 Å². The molecule has 1 N–H and O–H groups in total. The van der Waals surface area contributed by atoms with E-state index in [9.17, 15) is 21.6 Å². The van der Waals surface area contributed by atoms with Gasteiger partial charge in [0.1, 0.15) is 5.75 Å². The van der Waals surface area contributed by atoms with Crippen molar-refractivity contribution in [3.8, 4) is 11.4 Å². The summed E-state index contributed by atoms with van der Waals surface area (Å²) in [5, 5.41) is 15.0. The Morgan fingerprint density at radius 2 is 1.86 bits per heavy atom. The lowest BCUT2D eigenvalue weighted by atomic mass is 9.85. The second kappa shape index (κ2) is 8.65. The number of rotatable bonds is 5. The van der Waals surface area contributed by atoms with E-state index in [2.05, 4.69) is 25.2 Å². The number of fused-ring (bicyclic) bond motifs is 1. The summed E-state index contributed by atoms with van der Waals surface area (Å²) in [6, 6.07) is 10.9. The number of anilines is 1. The van der Waals surface area contributed by atoms with Crippen LogP contribution < -0.4 is 9.46 Å². The highest BCUT2D eigenvalue weighted by molar-refractivity contribution is 7.92. The predicted molar refractivity (Wildman–Crippen MR) is 118 cm³/mol. The van der Waals surface area contributed by atoms with Gasteiger partial charge in [-0.25, -0.2) is 13.1 Å². The van der Waals surface area contributed by atoms with Gasteiger partial charge in [0.15, 0.2) is 5.82 Å². The van der Waals surface area contributed by atoms with Crippen molar-refractivity contribution < 1.29 is 26.3 Å². The minimum Gasteiger partial charge on any atom is -0.493 e. The van der Waals surface area contributed by atoms with Crippen molar-refractivity contribution in [3.05, 3.63) is 83.8 Å². The Balaban J connectivity index is 1.54. The van der Waals surface area contributed by atoms with Gasteiger partial charge in [-0.05, 0) is 42.3 Å². The zero-order valence-corrected chi connectivity index (χ0v) is 18.7. The number of ether oxygens (including phenoxy) is 1. The average molecular weight is 502 g/mol. The first kappa shape index (κ1) is 22.8. The van der Waals surface area contributed by atoms with Gasteiger partial charge in [0.25, 0.3) is 10.0 Å². The zero-order chi connectivity index (χ0) is 24.6. The van der Waals surface area contributed by atoms with Crippen LogP contribution in [0, 0.1) is 0 Å². The Bertz CT molecular complexity index is 1460.